The zero-order valence-corrected chi connectivity index (χ0v) is 12.4. The maximum Gasteiger partial charge on any atom is 0.335 e. The molecule has 2 N–H and O–H groups in total. The number of sulfonamides is 1. The molecule has 0 atom stereocenters. The third kappa shape index (κ3) is 3.32. The highest BCUT2D eigenvalue weighted by atomic mass is 35.5. The summed E-state index contributed by atoms with van der Waals surface area (Å²) in [6.45, 7) is 1.44. The number of anilines is 1. The van der Waals surface area contributed by atoms with Gasteiger partial charge in [0, 0.05) is 0 Å². The Morgan fingerprint density at radius 2 is 2.00 bits per heavy atom. The SMILES string of the molecule is Cc1c(C(=O)O)cccc1S(=O)(=O)Nc1ccc(Cl)nc1. The van der Waals surface area contributed by atoms with Crippen LogP contribution in [-0.4, -0.2) is 24.5 Å². The first-order valence-electron chi connectivity index (χ1n) is 5.78. The fourth-order valence-electron chi connectivity index (χ4n) is 1.78. The summed E-state index contributed by atoms with van der Waals surface area (Å²) in [5.74, 6) is -1.18. The van der Waals surface area contributed by atoms with Gasteiger partial charge in [-0.2, -0.15) is 0 Å². The Kier molecular flexibility index (Phi) is 4.15. The Bertz CT molecular complexity index is 788. The van der Waals surface area contributed by atoms with Crippen molar-refractivity contribution in [1.82, 2.24) is 4.98 Å². The molecule has 0 spiro atoms. The average molecular weight is 327 g/mol. The van der Waals surface area contributed by atoms with Crippen LogP contribution in [0.5, 0.6) is 0 Å². The van der Waals surface area contributed by atoms with Gasteiger partial charge >= 0.3 is 5.97 Å². The van der Waals surface area contributed by atoms with Crippen molar-refractivity contribution in [2.45, 2.75) is 11.8 Å². The number of hydrogen-bond acceptors (Lipinski definition) is 4. The van der Waals surface area contributed by atoms with E-state index in [0.717, 1.165) is 0 Å². The molecule has 0 saturated carbocycles. The third-order valence-electron chi connectivity index (χ3n) is 2.78. The van der Waals surface area contributed by atoms with E-state index in [2.05, 4.69) is 9.71 Å². The molecule has 2 rings (SSSR count). The van der Waals surface area contributed by atoms with Crippen LogP contribution >= 0.6 is 11.6 Å². The van der Waals surface area contributed by atoms with Crippen LogP contribution in [0.25, 0.3) is 0 Å². The minimum atomic E-state index is -3.91. The number of aromatic nitrogens is 1. The molecule has 1 aromatic carbocycles. The number of carbonyl (C=O) groups is 1. The average Bonchev–Trinajstić information content (AvgIpc) is 2.41. The Morgan fingerprint density at radius 1 is 1.29 bits per heavy atom. The van der Waals surface area contributed by atoms with Gasteiger partial charge in [-0.25, -0.2) is 18.2 Å². The van der Waals surface area contributed by atoms with Gasteiger partial charge in [0.2, 0.25) is 0 Å². The van der Waals surface area contributed by atoms with Crippen LogP contribution in [0.3, 0.4) is 0 Å². The van der Waals surface area contributed by atoms with E-state index in [1.807, 2.05) is 0 Å². The Labute approximate surface area is 126 Å². The molecule has 0 amide bonds. The van der Waals surface area contributed by atoms with E-state index in [0.29, 0.717) is 0 Å². The summed E-state index contributed by atoms with van der Waals surface area (Å²) < 4.78 is 27.0. The molecule has 110 valence electrons. The van der Waals surface area contributed by atoms with Gasteiger partial charge in [-0.1, -0.05) is 17.7 Å². The highest BCUT2D eigenvalue weighted by Crippen LogP contribution is 2.22. The summed E-state index contributed by atoms with van der Waals surface area (Å²) in [6.07, 6.45) is 1.27. The molecule has 1 heterocycles. The van der Waals surface area contributed by atoms with Gasteiger partial charge in [-0.05, 0) is 36.8 Å². The second-order valence-corrected chi connectivity index (χ2v) is 6.25. The fraction of sp³-hybridized carbons (Fsp3) is 0.0769. The van der Waals surface area contributed by atoms with E-state index in [4.69, 9.17) is 16.7 Å². The number of halogens is 1. The zero-order chi connectivity index (χ0) is 15.6. The molecular formula is C13H11ClN2O4S. The smallest absolute Gasteiger partial charge is 0.335 e. The van der Waals surface area contributed by atoms with Gasteiger partial charge in [0.15, 0.2) is 0 Å². The maximum absolute atomic E-state index is 12.3. The van der Waals surface area contributed by atoms with Crippen LogP contribution in [-0.2, 0) is 10.0 Å². The number of aromatic carboxylic acids is 1. The third-order valence-corrected chi connectivity index (χ3v) is 4.53. The zero-order valence-electron chi connectivity index (χ0n) is 10.9. The second-order valence-electron chi connectivity index (χ2n) is 4.21. The van der Waals surface area contributed by atoms with Crippen LogP contribution in [0, 0.1) is 6.92 Å². The first kappa shape index (κ1) is 15.3. The first-order chi connectivity index (χ1) is 9.81. The number of benzene rings is 1. The van der Waals surface area contributed by atoms with E-state index in [9.17, 15) is 13.2 Å². The van der Waals surface area contributed by atoms with Gasteiger partial charge < -0.3 is 5.11 Å². The fourth-order valence-corrected chi connectivity index (χ4v) is 3.21. The lowest BCUT2D eigenvalue weighted by atomic mass is 10.1. The minimum absolute atomic E-state index is 0.0629. The molecule has 8 heteroatoms. The second kappa shape index (κ2) is 5.71. The predicted octanol–water partition coefficient (Wildman–Crippen LogP) is 2.54. The summed E-state index contributed by atoms with van der Waals surface area (Å²) in [5.41, 5.74) is 0.339. The van der Waals surface area contributed by atoms with Crippen LogP contribution in [0.15, 0.2) is 41.4 Å². The Hall–Kier alpha value is -2.12. The van der Waals surface area contributed by atoms with Crippen molar-refractivity contribution in [1.29, 1.82) is 0 Å². The molecule has 0 saturated heterocycles. The lowest BCUT2D eigenvalue weighted by Crippen LogP contribution is -2.16. The number of rotatable bonds is 4. The molecule has 0 bridgehead atoms. The van der Waals surface area contributed by atoms with Gasteiger partial charge in [-0.3, -0.25) is 4.72 Å². The molecule has 0 aliphatic carbocycles. The number of carboxylic acids is 1. The highest BCUT2D eigenvalue weighted by molar-refractivity contribution is 7.92. The van der Waals surface area contributed by atoms with Crippen molar-refractivity contribution in [2.24, 2.45) is 0 Å². The largest absolute Gasteiger partial charge is 0.478 e. The number of nitrogens with one attached hydrogen (secondary N) is 1. The van der Waals surface area contributed by atoms with Crippen molar-refractivity contribution in [2.75, 3.05) is 4.72 Å². The van der Waals surface area contributed by atoms with Crippen molar-refractivity contribution < 1.29 is 18.3 Å². The van der Waals surface area contributed by atoms with Gasteiger partial charge in [0.25, 0.3) is 10.0 Å². The topological polar surface area (TPSA) is 96.4 Å². The van der Waals surface area contributed by atoms with Crippen LogP contribution in [0.1, 0.15) is 15.9 Å². The quantitative estimate of drug-likeness (QED) is 0.842. The normalized spacial score (nSPS) is 11.1. The molecule has 0 unspecified atom stereocenters. The van der Waals surface area contributed by atoms with Gasteiger partial charge in [-0.15, -0.1) is 0 Å². The number of hydrogen-bond donors (Lipinski definition) is 2. The molecule has 0 fully saturated rings. The molecule has 0 aliphatic rings. The number of pyridine rings is 1. The van der Waals surface area contributed by atoms with E-state index >= 15 is 0 Å². The molecule has 6 nitrogen and oxygen atoms in total. The summed E-state index contributed by atoms with van der Waals surface area (Å²) in [7, 11) is -3.91. The maximum atomic E-state index is 12.3. The van der Waals surface area contributed by atoms with Crippen molar-refractivity contribution in [3.05, 3.63) is 52.8 Å². The lowest BCUT2D eigenvalue weighted by Gasteiger charge is -2.11. The minimum Gasteiger partial charge on any atom is -0.478 e. The van der Waals surface area contributed by atoms with Crippen LogP contribution in [0.2, 0.25) is 5.15 Å². The summed E-state index contributed by atoms with van der Waals surface area (Å²) in [6, 6.07) is 6.97. The monoisotopic (exact) mass is 326 g/mol. The molecule has 0 radical (unpaired) electrons. The molecule has 0 aliphatic heterocycles. The van der Waals surface area contributed by atoms with Gasteiger partial charge in [0.05, 0.1) is 22.3 Å². The van der Waals surface area contributed by atoms with E-state index in [1.165, 1.54) is 43.5 Å². The molecule has 2 aromatic rings. The standard InChI is InChI=1S/C13H11ClN2O4S/c1-8-10(13(17)18)3-2-4-11(8)21(19,20)16-9-5-6-12(14)15-7-9/h2-7,16H,1H3,(H,17,18). The summed E-state index contributed by atoms with van der Waals surface area (Å²) >= 11 is 5.63. The van der Waals surface area contributed by atoms with Crippen LogP contribution in [0.4, 0.5) is 5.69 Å². The molecule has 1 aromatic heterocycles. The van der Waals surface area contributed by atoms with Crippen LogP contribution < -0.4 is 4.72 Å². The van der Waals surface area contributed by atoms with Crippen molar-refractivity contribution >= 4 is 33.3 Å². The lowest BCUT2D eigenvalue weighted by molar-refractivity contribution is 0.0696. The van der Waals surface area contributed by atoms with E-state index in [-0.39, 0.29) is 26.9 Å². The molecular weight excluding hydrogens is 316 g/mol. The predicted molar refractivity (Wildman–Crippen MR) is 78.2 cm³/mol. The van der Waals surface area contributed by atoms with Gasteiger partial charge in [0.1, 0.15) is 5.15 Å². The summed E-state index contributed by atoms with van der Waals surface area (Å²) in [4.78, 5) is 14.7. The summed E-state index contributed by atoms with van der Waals surface area (Å²) in [5, 5.41) is 9.27. The van der Waals surface area contributed by atoms with Crippen molar-refractivity contribution in [3.63, 3.8) is 0 Å². The van der Waals surface area contributed by atoms with Crippen molar-refractivity contribution in [3.8, 4) is 0 Å². The number of carboxylic acid groups (broad SMARTS) is 1. The Balaban J connectivity index is 2.42. The van der Waals surface area contributed by atoms with E-state index in [1.54, 1.807) is 0 Å². The Morgan fingerprint density at radius 3 is 2.57 bits per heavy atom. The van der Waals surface area contributed by atoms with E-state index < -0.39 is 16.0 Å². The number of nitrogens with zero attached hydrogens (tertiary/aromatic N) is 1. The first-order valence-corrected chi connectivity index (χ1v) is 7.64. The highest BCUT2D eigenvalue weighted by Gasteiger charge is 2.20. The molecule has 21 heavy (non-hydrogen) atoms.